The average Bonchev–Trinajstić information content (AvgIpc) is 3.28. The first-order valence-corrected chi connectivity index (χ1v) is 11.1. The molecule has 4 rings (SSSR count). The zero-order valence-corrected chi connectivity index (χ0v) is 18.1. The number of urea groups is 1. The summed E-state index contributed by atoms with van der Waals surface area (Å²) in [7, 11) is 1.55. The van der Waals surface area contributed by atoms with E-state index in [1.165, 1.54) is 17.6 Å². The van der Waals surface area contributed by atoms with Crippen molar-refractivity contribution < 1.29 is 14.3 Å². The zero-order valence-electron chi connectivity index (χ0n) is 17.3. The molecule has 12 heteroatoms. The average molecular weight is 447 g/mol. The van der Waals surface area contributed by atoms with E-state index < -0.39 is 0 Å². The largest absolute Gasteiger partial charge is 0.381 e. The molecule has 2 aliphatic rings. The van der Waals surface area contributed by atoms with Crippen LogP contribution in [-0.2, 0) is 9.47 Å². The molecule has 0 atom stereocenters. The van der Waals surface area contributed by atoms with Gasteiger partial charge in [0.2, 0.25) is 5.95 Å². The second-order valence-corrected chi connectivity index (χ2v) is 8.01. The van der Waals surface area contributed by atoms with Gasteiger partial charge in [-0.2, -0.15) is 4.98 Å². The van der Waals surface area contributed by atoms with Crippen LogP contribution in [0.15, 0.2) is 5.38 Å². The Balaban J connectivity index is 1.71. The second-order valence-electron chi connectivity index (χ2n) is 7.15. The lowest BCUT2D eigenvalue weighted by Gasteiger charge is -2.29. The number of rotatable bonds is 6. The van der Waals surface area contributed by atoms with Gasteiger partial charge in [0.05, 0.1) is 18.8 Å². The maximum Gasteiger partial charge on any atom is 0.320 e. The van der Waals surface area contributed by atoms with Crippen molar-refractivity contribution in [3.8, 4) is 11.4 Å². The molecule has 0 unspecified atom stereocenters. The molecule has 0 aromatic carbocycles. The summed E-state index contributed by atoms with van der Waals surface area (Å²) < 4.78 is 10.9. The molecule has 0 spiro atoms. The van der Waals surface area contributed by atoms with Gasteiger partial charge < -0.3 is 30.4 Å². The van der Waals surface area contributed by atoms with Crippen LogP contribution in [-0.4, -0.2) is 79.8 Å². The van der Waals surface area contributed by atoms with E-state index in [4.69, 9.17) is 24.9 Å². The minimum atomic E-state index is -0.341. The Labute approximate surface area is 184 Å². The van der Waals surface area contributed by atoms with E-state index in [-0.39, 0.29) is 12.1 Å². The summed E-state index contributed by atoms with van der Waals surface area (Å²) in [4.78, 5) is 27.7. The number of nitrogens with zero attached hydrogens (tertiary/aromatic N) is 4. The topological polar surface area (TPSA) is 137 Å². The molecule has 166 valence electrons. The second kappa shape index (κ2) is 9.98. The highest BCUT2D eigenvalue weighted by Crippen LogP contribution is 2.31. The normalized spacial score (nSPS) is 17.3. The molecule has 0 radical (unpaired) electrons. The molecule has 0 saturated carbocycles. The Hall–Kier alpha value is -2.83. The number of hydrogen-bond donors (Lipinski definition) is 4. The Morgan fingerprint density at radius 2 is 1.94 bits per heavy atom. The lowest BCUT2D eigenvalue weighted by Crippen LogP contribution is -2.38. The number of carbonyl (C=O) groups excluding carboxylic acids is 1. The molecule has 4 heterocycles. The van der Waals surface area contributed by atoms with Gasteiger partial charge in [0.1, 0.15) is 17.2 Å². The minimum Gasteiger partial charge on any atom is -0.381 e. The number of carbonyl (C=O) groups is 1. The monoisotopic (exact) mass is 446 g/mol. The number of hydrogen-bond acceptors (Lipinski definition) is 10. The van der Waals surface area contributed by atoms with E-state index >= 15 is 0 Å². The van der Waals surface area contributed by atoms with Gasteiger partial charge in [-0.15, -0.1) is 11.3 Å². The molecule has 31 heavy (non-hydrogen) atoms. The summed E-state index contributed by atoms with van der Waals surface area (Å²) in [5.41, 5.74) is 1.71. The molecule has 11 nitrogen and oxygen atoms in total. The summed E-state index contributed by atoms with van der Waals surface area (Å²) in [6, 6.07) is -0.125. The summed E-state index contributed by atoms with van der Waals surface area (Å²) >= 11 is 1.30. The number of aromatic nitrogens is 3. The third-order valence-electron chi connectivity index (χ3n) is 5.13. The van der Waals surface area contributed by atoms with Crippen LogP contribution in [0.2, 0.25) is 0 Å². The van der Waals surface area contributed by atoms with Crippen molar-refractivity contribution in [2.45, 2.75) is 18.9 Å². The van der Waals surface area contributed by atoms with Gasteiger partial charge in [-0.05, 0) is 12.8 Å². The van der Waals surface area contributed by atoms with Gasteiger partial charge in [-0.3, -0.25) is 5.32 Å². The van der Waals surface area contributed by atoms with Gasteiger partial charge in [0, 0.05) is 51.0 Å². The highest BCUT2D eigenvalue weighted by Gasteiger charge is 2.23. The first-order valence-electron chi connectivity index (χ1n) is 10.2. The van der Waals surface area contributed by atoms with E-state index in [1.54, 1.807) is 7.05 Å². The number of ether oxygens (including phenoxy) is 2. The number of amides is 2. The summed E-state index contributed by atoms with van der Waals surface area (Å²) in [5.74, 6) is 1.19. The highest BCUT2D eigenvalue weighted by molar-refractivity contribution is 7.14. The molecule has 2 aliphatic heterocycles. The SMILES string of the molecule is CNC(=O)Nc1nc(-c2nc(N3CCOCC3)nc(NC3CCOCC3)c2C=N)cs1. The Bertz CT molecular complexity index is 925. The van der Waals surface area contributed by atoms with E-state index in [0.717, 1.165) is 12.8 Å². The van der Waals surface area contributed by atoms with E-state index in [1.807, 2.05) is 5.38 Å². The molecule has 2 saturated heterocycles. The van der Waals surface area contributed by atoms with E-state index in [0.29, 0.717) is 73.4 Å². The third kappa shape index (κ3) is 5.09. The Morgan fingerprint density at radius 3 is 2.65 bits per heavy atom. The van der Waals surface area contributed by atoms with Crippen molar-refractivity contribution >= 4 is 40.5 Å². The molecule has 2 fully saturated rings. The maximum absolute atomic E-state index is 11.6. The summed E-state index contributed by atoms with van der Waals surface area (Å²) in [6.07, 6.45) is 3.01. The summed E-state index contributed by atoms with van der Waals surface area (Å²) in [6.45, 7) is 4.02. The maximum atomic E-state index is 11.6. The molecule has 4 N–H and O–H groups in total. The molecule has 0 bridgehead atoms. The first-order chi connectivity index (χ1) is 15.2. The number of thiazole rings is 1. The van der Waals surface area contributed by atoms with Crippen LogP contribution in [0.4, 0.5) is 21.7 Å². The van der Waals surface area contributed by atoms with Gasteiger partial charge in [-0.1, -0.05) is 0 Å². The van der Waals surface area contributed by atoms with E-state index in [2.05, 4.69) is 25.8 Å². The minimum absolute atomic E-state index is 0.216. The van der Waals surface area contributed by atoms with Crippen molar-refractivity contribution in [2.24, 2.45) is 0 Å². The van der Waals surface area contributed by atoms with Gasteiger partial charge in [0.25, 0.3) is 0 Å². The van der Waals surface area contributed by atoms with Gasteiger partial charge in [0.15, 0.2) is 5.13 Å². The predicted molar refractivity (Wildman–Crippen MR) is 120 cm³/mol. The highest BCUT2D eigenvalue weighted by atomic mass is 32.1. The van der Waals surface area contributed by atoms with Crippen LogP contribution in [0.5, 0.6) is 0 Å². The smallest absolute Gasteiger partial charge is 0.320 e. The predicted octanol–water partition coefficient (Wildman–Crippen LogP) is 1.78. The Kier molecular flexibility index (Phi) is 6.89. The fourth-order valence-electron chi connectivity index (χ4n) is 3.44. The molecular weight excluding hydrogens is 420 g/mol. The quantitative estimate of drug-likeness (QED) is 0.493. The standard InChI is InChI=1S/C19H26N8O3S/c1-21-18(28)26-19-23-14(11-31-19)15-13(10-20)16(22-12-2-6-29-7-3-12)25-17(24-15)27-4-8-30-9-5-27/h10-12,20H,2-9H2,1H3,(H,22,24,25)(H2,21,23,26,28). The van der Waals surface area contributed by atoms with Crippen molar-refractivity contribution in [2.75, 3.05) is 62.1 Å². The fourth-order valence-corrected chi connectivity index (χ4v) is 4.13. The Morgan fingerprint density at radius 1 is 1.19 bits per heavy atom. The number of morpholine rings is 1. The van der Waals surface area contributed by atoms with Crippen molar-refractivity contribution in [3.05, 3.63) is 10.9 Å². The summed E-state index contributed by atoms with van der Waals surface area (Å²) in [5, 5.41) is 19.0. The number of anilines is 3. The van der Waals surface area contributed by atoms with Crippen LogP contribution < -0.4 is 20.9 Å². The molecule has 0 aliphatic carbocycles. The van der Waals surface area contributed by atoms with Crippen molar-refractivity contribution in [1.82, 2.24) is 20.3 Å². The molecule has 2 aromatic heterocycles. The fraction of sp³-hybridized carbons (Fsp3) is 0.526. The van der Waals surface area contributed by atoms with Gasteiger partial charge >= 0.3 is 6.03 Å². The number of nitrogens with one attached hydrogen (secondary N) is 4. The lowest BCUT2D eigenvalue weighted by atomic mass is 10.1. The van der Waals surface area contributed by atoms with Crippen LogP contribution in [0.1, 0.15) is 18.4 Å². The van der Waals surface area contributed by atoms with Crippen molar-refractivity contribution in [1.29, 1.82) is 5.41 Å². The first kappa shape index (κ1) is 21.4. The third-order valence-corrected chi connectivity index (χ3v) is 5.89. The molecule has 2 amide bonds. The molecule has 2 aromatic rings. The van der Waals surface area contributed by atoms with Crippen LogP contribution in [0.3, 0.4) is 0 Å². The molecular formula is C19H26N8O3S. The van der Waals surface area contributed by atoms with Crippen LogP contribution in [0, 0.1) is 5.41 Å². The zero-order chi connectivity index (χ0) is 21.6. The van der Waals surface area contributed by atoms with E-state index in [9.17, 15) is 4.79 Å². The van der Waals surface area contributed by atoms with Gasteiger partial charge in [-0.25, -0.2) is 14.8 Å². The lowest BCUT2D eigenvalue weighted by molar-refractivity contribution is 0.0904. The van der Waals surface area contributed by atoms with Crippen LogP contribution in [0.25, 0.3) is 11.4 Å². The van der Waals surface area contributed by atoms with Crippen LogP contribution >= 0.6 is 11.3 Å². The van der Waals surface area contributed by atoms with Crippen molar-refractivity contribution in [3.63, 3.8) is 0 Å².